The van der Waals surface area contributed by atoms with Gasteiger partial charge >= 0.3 is 0 Å². The molecule has 0 saturated carbocycles. The molecule has 0 radical (unpaired) electrons. The minimum atomic E-state index is 0. The number of halogens is 2. The monoisotopic (exact) mass is 347 g/mol. The van der Waals surface area contributed by atoms with Gasteiger partial charge in [-0.15, -0.1) is 36.2 Å². The fourth-order valence-corrected chi connectivity index (χ4v) is 3.94. The molecule has 3 nitrogen and oxygen atoms in total. The standard InChI is InChI=1S/C15H21N3S.2ClH/c16-9-8-12-5-3-4-10-18(12)11-15-17-13-6-1-2-7-14(13)19-15;;/h1-2,6-7,12H,3-5,8-11,16H2;2*1H. The minimum absolute atomic E-state index is 0. The van der Waals surface area contributed by atoms with E-state index >= 15 is 0 Å². The molecular weight excluding hydrogens is 325 g/mol. The van der Waals surface area contributed by atoms with E-state index in [-0.39, 0.29) is 24.8 Å². The van der Waals surface area contributed by atoms with Crippen LogP contribution in [0.4, 0.5) is 0 Å². The molecule has 118 valence electrons. The van der Waals surface area contributed by atoms with Crippen molar-refractivity contribution in [2.24, 2.45) is 5.73 Å². The first kappa shape index (κ1) is 18.7. The molecular formula is C15H23Cl2N3S. The Hall–Kier alpha value is -0.390. The summed E-state index contributed by atoms with van der Waals surface area (Å²) < 4.78 is 1.30. The van der Waals surface area contributed by atoms with Gasteiger partial charge in [-0.25, -0.2) is 4.98 Å². The van der Waals surface area contributed by atoms with E-state index in [1.807, 2.05) is 11.3 Å². The number of para-hydroxylation sites is 1. The molecule has 0 aliphatic carbocycles. The number of benzene rings is 1. The van der Waals surface area contributed by atoms with Gasteiger partial charge in [0.15, 0.2) is 0 Å². The van der Waals surface area contributed by atoms with Crippen molar-refractivity contribution in [1.29, 1.82) is 0 Å². The van der Waals surface area contributed by atoms with Crippen LogP contribution >= 0.6 is 36.2 Å². The lowest BCUT2D eigenvalue weighted by molar-refractivity contribution is 0.134. The van der Waals surface area contributed by atoms with Gasteiger partial charge in [0, 0.05) is 6.04 Å². The van der Waals surface area contributed by atoms with Crippen molar-refractivity contribution in [1.82, 2.24) is 9.88 Å². The van der Waals surface area contributed by atoms with E-state index < -0.39 is 0 Å². The Bertz CT molecular complexity index is 511. The van der Waals surface area contributed by atoms with Gasteiger partial charge in [-0.3, -0.25) is 4.90 Å². The predicted octanol–water partition coefficient (Wildman–Crippen LogP) is 3.84. The number of hydrogen-bond donors (Lipinski definition) is 1. The number of piperidine rings is 1. The van der Waals surface area contributed by atoms with Crippen molar-refractivity contribution in [3.05, 3.63) is 29.3 Å². The summed E-state index contributed by atoms with van der Waals surface area (Å²) in [4.78, 5) is 7.32. The van der Waals surface area contributed by atoms with Crippen molar-refractivity contribution in [3.63, 3.8) is 0 Å². The normalized spacial score (nSPS) is 19.0. The zero-order valence-electron chi connectivity index (χ0n) is 12.0. The van der Waals surface area contributed by atoms with Gasteiger partial charge in [-0.05, 0) is 44.5 Å². The minimum Gasteiger partial charge on any atom is -0.330 e. The highest BCUT2D eigenvalue weighted by molar-refractivity contribution is 7.18. The molecule has 1 atom stereocenters. The third kappa shape index (κ3) is 4.54. The van der Waals surface area contributed by atoms with Crippen molar-refractivity contribution in [3.8, 4) is 0 Å². The van der Waals surface area contributed by atoms with Gasteiger partial charge < -0.3 is 5.73 Å². The van der Waals surface area contributed by atoms with E-state index in [1.54, 1.807) is 0 Å². The molecule has 1 aliphatic heterocycles. The van der Waals surface area contributed by atoms with Crippen LogP contribution < -0.4 is 5.73 Å². The Kier molecular flexibility index (Phi) is 7.92. The second-order valence-electron chi connectivity index (χ2n) is 5.27. The number of hydrogen-bond acceptors (Lipinski definition) is 4. The second-order valence-corrected chi connectivity index (χ2v) is 6.39. The van der Waals surface area contributed by atoms with Crippen molar-refractivity contribution in [2.75, 3.05) is 13.1 Å². The third-order valence-corrected chi connectivity index (χ3v) is 4.95. The predicted molar refractivity (Wildman–Crippen MR) is 95.8 cm³/mol. The Labute approximate surface area is 142 Å². The summed E-state index contributed by atoms with van der Waals surface area (Å²) in [6.07, 6.45) is 5.07. The second kappa shape index (κ2) is 8.91. The highest BCUT2D eigenvalue weighted by Gasteiger charge is 2.22. The number of nitrogens with two attached hydrogens (primary N) is 1. The molecule has 2 N–H and O–H groups in total. The summed E-state index contributed by atoms with van der Waals surface area (Å²) in [5, 5.41) is 1.24. The van der Waals surface area contributed by atoms with Crippen molar-refractivity contribution in [2.45, 2.75) is 38.3 Å². The van der Waals surface area contributed by atoms with E-state index in [0.717, 1.165) is 25.0 Å². The summed E-state index contributed by atoms with van der Waals surface area (Å²) in [6, 6.07) is 9.06. The lowest BCUT2D eigenvalue weighted by atomic mass is 9.99. The SMILES string of the molecule is Cl.Cl.NCCC1CCCCN1Cc1nc2ccccc2s1. The average Bonchev–Trinajstić information content (AvgIpc) is 2.83. The Balaban J connectivity index is 0.00000110. The van der Waals surface area contributed by atoms with Gasteiger partial charge in [-0.1, -0.05) is 18.6 Å². The molecule has 6 heteroatoms. The Morgan fingerprint density at radius 3 is 2.81 bits per heavy atom. The van der Waals surface area contributed by atoms with E-state index in [4.69, 9.17) is 10.7 Å². The highest BCUT2D eigenvalue weighted by atomic mass is 35.5. The Morgan fingerprint density at radius 1 is 1.24 bits per heavy atom. The fourth-order valence-electron chi connectivity index (χ4n) is 2.95. The number of likely N-dealkylation sites (tertiary alicyclic amines) is 1. The largest absolute Gasteiger partial charge is 0.330 e. The van der Waals surface area contributed by atoms with Crippen LogP contribution in [0.5, 0.6) is 0 Å². The van der Waals surface area contributed by atoms with Crippen LogP contribution in [0.1, 0.15) is 30.7 Å². The van der Waals surface area contributed by atoms with Gasteiger partial charge in [0.25, 0.3) is 0 Å². The van der Waals surface area contributed by atoms with Crippen molar-refractivity contribution < 1.29 is 0 Å². The zero-order valence-corrected chi connectivity index (χ0v) is 14.5. The van der Waals surface area contributed by atoms with Crippen LogP contribution in [0, 0.1) is 0 Å². The number of aromatic nitrogens is 1. The van der Waals surface area contributed by atoms with Crippen LogP contribution in [-0.2, 0) is 6.54 Å². The van der Waals surface area contributed by atoms with E-state index in [1.165, 1.54) is 35.5 Å². The van der Waals surface area contributed by atoms with Crippen molar-refractivity contribution >= 4 is 46.4 Å². The molecule has 21 heavy (non-hydrogen) atoms. The maximum atomic E-state index is 5.74. The summed E-state index contributed by atoms with van der Waals surface area (Å²) in [5.74, 6) is 0. The molecule has 1 saturated heterocycles. The van der Waals surface area contributed by atoms with Gasteiger partial charge in [0.1, 0.15) is 5.01 Å². The quantitative estimate of drug-likeness (QED) is 0.913. The molecule has 0 amide bonds. The molecule has 0 bridgehead atoms. The Morgan fingerprint density at radius 2 is 2.05 bits per heavy atom. The first-order valence-corrected chi connectivity index (χ1v) is 7.97. The summed E-state index contributed by atoms with van der Waals surface area (Å²) in [5.41, 5.74) is 6.87. The van der Waals surface area contributed by atoms with Crippen LogP contribution in [-0.4, -0.2) is 29.0 Å². The van der Waals surface area contributed by atoms with Crippen LogP contribution in [0.25, 0.3) is 10.2 Å². The highest BCUT2D eigenvalue weighted by Crippen LogP contribution is 2.26. The summed E-state index contributed by atoms with van der Waals surface area (Å²) in [7, 11) is 0. The fraction of sp³-hybridized carbons (Fsp3) is 0.533. The van der Waals surface area contributed by atoms with Crippen LogP contribution in [0.15, 0.2) is 24.3 Å². The maximum Gasteiger partial charge on any atom is 0.108 e. The smallest absolute Gasteiger partial charge is 0.108 e. The maximum absolute atomic E-state index is 5.74. The molecule has 0 spiro atoms. The van der Waals surface area contributed by atoms with Crippen LogP contribution in [0.3, 0.4) is 0 Å². The average molecular weight is 348 g/mol. The van der Waals surface area contributed by atoms with Gasteiger partial charge in [-0.2, -0.15) is 0 Å². The molecule has 1 aliphatic rings. The van der Waals surface area contributed by atoms with E-state index in [0.29, 0.717) is 6.04 Å². The number of rotatable bonds is 4. The number of nitrogens with zero attached hydrogens (tertiary/aromatic N) is 2. The van der Waals surface area contributed by atoms with Gasteiger partial charge in [0.2, 0.25) is 0 Å². The third-order valence-electron chi connectivity index (χ3n) is 3.93. The van der Waals surface area contributed by atoms with E-state index in [2.05, 4.69) is 29.2 Å². The molecule has 1 unspecified atom stereocenters. The van der Waals surface area contributed by atoms with Gasteiger partial charge in [0.05, 0.1) is 16.8 Å². The zero-order chi connectivity index (χ0) is 13.1. The first-order valence-electron chi connectivity index (χ1n) is 7.15. The summed E-state index contributed by atoms with van der Waals surface area (Å²) >= 11 is 1.83. The molecule has 1 fully saturated rings. The molecule has 2 heterocycles. The molecule has 1 aromatic carbocycles. The molecule has 3 rings (SSSR count). The topological polar surface area (TPSA) is 42.1 Å². The number of fused-ring (bicyclic) bond motifs is 1. The first-order chi connectivity index (χ1) is 9.36. The summed E-state index contributed by atoms with van der Waals surface area (Å²) in [6.45, 7) is 2.98. The van der Waals surface area contributed by atoms with E-state index in [9.17, 15) is 0 Å². The molecule has 1 aromatic heterocycles. The number of thiazole rings is 1. The van der Waals surface area contributed by atoms with Crippen LogP contribution in [0.2, 0.25) is 0 Å². The lowest BCUT2D eigenvalue weighted by Crippen LogP contribution is -2.40. The lowest BCUT2D eigenvalue weighted by Gasteiger charge is -2.34. The molecule has 2 aromatic rings.